The van der Waals surface area contributed by atoms with Gasteiger partial charge in [-0.15, -0.1) is 0 Å². The molecule has 3 unspecified atom stereocenters. The molecular weight excluding hydrogens is 330 g/mol. The molecule has 3 aliphatic rings. The van der Waals surface area contributed by atoms with Crippen LogP contribution in [-0.2, 0) is 25.9 Å². The standard InChI is InChI=1S/C17H23NO5S/c1-12-7-14-8-15(3-4-16(14)22-12)24(19,20)18-9-13(2)23-17(10-18)5-6-21-11-17/h3-4,8,12-13H,5-7,9-11H2,1-2H3. The largest absolute Gasteiger partial charge is 0.490 e. The van der Waals surface area contributed by atoms with E-state index < -0.39 is 15.6 Å². The summed E-state index contributed by atoms with van der Waals surface area (Å²) >= 11 is 0. The summed E-state index contributed by atoms with van der Waals surface area (Å²) < 4.78 is 45.0. The van der Waals surface area contributed by atoms with Crippen molar-refractivity contribution < 1.29 is 22.6 Å². The van der Waals surface area contributed by atoms with Crippen molar-refractivity contribution >= 4 is 10.0 Å². The number of ether oxygens (including phenoxy) is 3. The minimum atomic E-state index is -3.56. The molecule has 0 N–H and O–H groups in total. The second kappa shape index (κ2) is 5.69. The van der Waals surface area contributed by atoms with Crippen molar-refractivity contribution in [3.05, 3.63) is 23.8 Å². The van der Waals surface area contributed by atoms with Gasteiger partial charge in [-0.2, -0.15) is 4.31 Å². The Balaban J connectivity index is 1.64. The van der Waals surface area contributed by atoms with Crippen molar-refractivity contribution in [2.24, 2.45) is 0 Å². The van der Waals surface area contributed by atoms with Crippen molar-refractivity contribution in [2.75, 3.05) is 26.3 Å². The molecule has 2 fully saturated rings. The number of sulfonamides is 1. The van der Waals surface area contributed by atoms with E-state index in [1.807, 2.05) is 13.8 Å². The van der Waals surface area contributed by atoms with Crippen molar-refractivity contribution in [1.82, 2.24) is 4.31 Å². The third-order valence-corrected chi connectivity index (χ3v) is 6.76. The second-order valence-electron chi connectivity index (χ2n) is 7.11. The normalized spacial score (nSPS) is 33.6. The third-order valence-electron chi connectivity index (χ3n) is 4.95. The van der Waals surface area contributed by atoms with Crippen LogP contribution in [0.4, 0.5) is 0 Å². The minimum Gasteiger partial charge on any atom is -0.490 e. The fourth-order valence-corrected chi connectivity index (χ4v) is 5.51. The molecule has 24 heavy (non-hydrogen) atoms. The van der Waals surface area contributed by atoms with Crippen LogP contribution in [0, 0.1) is 0 Å². The highest BCUT2D eigenvalue weighted by atomic mass is 32.2. The summed E-state index contributed by atoms with van der Waals surface area (Å²) in [4.78, 5) is 0.335. The smallest absolute Gasteiger partial charge is 0.243 e. The molecule has 6 nitrogen and oxygen atoms in total. The lowest BCUT2D eigenvalue weighted by Gasteiger charge is -2.42. The van der Waals surface area contributed by atoms with Crippen LogP contribution in [0.5, 0.6) is 5.75 Å². The second-order valence-corrected chi connectivity index (χ2v) is 9.05. The summed E-state index contributed by atoms with van der Waals surface area (Å²) in [5.74, 6) is 0.789. The van der Waals surface area contributed by atoms with Gasteiger partial charge >= 0.3 is 0 Å². The lowest BCUT2D eigenvalue weighted by Crippen LogP contribution is -2.56. The first-order valence-corrected chi connectivity index (χ1v) is 9.87. The lowest BCUT2D eigenvalue weighted by molar-refractivity contribution is -0.130. The first-order valence-electron chi connectivity index (χ1n) is 8.43. The Labute approximate surface area is 142 Å². The molecule has 3 aliphatic heterocycles. The summed E-state index contributed by atoms with van der Waals surface area (Å²) in [5, 5.41) is 0. The molecule has 1 aromatic rings. The lowest BCUT2D eigenvalue weighted by atomic mass is 10.0. The van der Waals surface area contributed by atoms with E-state index in [2.05, 4.69) is 0 Å². The van der Waals surface area contributed by atoms with Crippen molar-refractivity contribution in [1.29, 1.82) is 0 Å². The topological polar surface area (TPSA) is 65.1 Å². The summed E-state index contributed by atoms with van der Waals surface area (Å²) in [6, 6.07) is 5.17. The fourth-order valence-electron chi connectivity index (χ4n) is 3.87. The molecule has 0 saturated carbocycles. The van der Waals surface area contributed by atoms with Crippen LogP contribution in [0.25, 0.3) is 0 Å². The zero-order valence-corrected chi connectivity index (χ0v) is 14.8. The first-order chi connectivity index (χ1) is 11.4. The van der Waals surface area contributed by atoms with E-state index in [9.17, 15) is 8.42 Å². The quantitative estimate of drug-likeness (QED) is 0.808. The van der Waals surface area contributed by atoms with Gasteiger partial charge in [-0.1, -0.05) is 0 Å². The highest BCUT2D eigenvalue weighted by Crippen LogP contribution is 2.35. The third kappa shape index (κ3) is 2.73. The summed E-state index contributed by atoms with van der Waals surface area (Å²) in [7, 11) is -3.56. The Kier molecular flexibility index (Phi) is 3.87. The predicted molar refractivity (Wildman–Crippen MR) is 87.7 cm³/mol. The molecule has 0 bridgehead atoms. The zero-order valence-electron chi connectivity index (χ0n) is 14.0. The van der Waals surface area contributed by atoms with Crippen LogP contribution in [0.2, 0.25) is 0 Å². The highest BCUT2D eigenvalue weighted by Gasteiger charge is 2.46. The molecule has 3 heterocycles. The molecule has 0 aromatic heterocycles. The van der Waals surface area contributed by atoms with Crippen LogP contribution in [0.15, 0.2) is 23.1 Å². The number of rotatable bonds is 2. The molecule has 4 rings (SSSR count). The number of fused-ring (bicyclic) bond motifs is 1. The van der Waals surface area contributed by atoms with E-state index in [4.69, 9.17) is 14.2 Å². The van der Waals surface area contributed by atoms with Gasteiger partial charge < -0.3 is 14.2 Å². The van der Waals surface area contributed by atoms with Gasteiger partial charge in [-0.05, 0) is 37.6 Å². The Bertz CT molecular complexity index is 741. The van der Waals surface area contributed by atoms with Gasteiger partial charge in [-0.3, -0.25) is 0 Å². The first kappa shape index (κ1) is 16.3. The fraction of sp³-hybridized carbons (Fsp3) is 0.647. The number of hydrogen-bond donors (Lipinski definition) is 0. The maximum atomic E-state index is 13.1. The predicted octanol–water partition coefficient (Wildman–Crippen LogP) is 1.58. The van der Waals surface area contributed by atoms with Crippen molar-refractivity contribution in [3.8, 4) is 5.75 Å². The summed E-state index contributed by atoms with van der Waals surface area (Å²) in [5.41, 5.74) is 0.461. The Morgan fingerprint density at radius 3 is 2.83 bits per heavy atom. The number of hydrogen-bond acceptors (Lipinski definition) is 5. The molecule has 0 aliphatic carbocycles. The van der Waals surface area contributed by atoms with E-state index in [0.29, 0.717) is 31.2 Å². The van der Waals surface area contributed by atoms with Gasteiger partial charge in [-0.25, -0.2) is 8.42 Å². The van der Waals surface area contributed by atoms with E-state index >= 15 is 0 Å². The Hall–Kier alpha value is -1.15. The van der Waals surface area contributed by atoms with Crippen molar-refractivity contribution in [3.63, 3.8) is 0 Å². The molecule has 132 valence electrons. The van der Waals surface area contributed by atoms with Crippen LogP contribution >= 0.6 is 0 Å². The molecule has 7 heteroatoms. The maximum absolute atomic E-state index is 13.1. The van der Waals surface area contributed by atoms with Crippen LogP contribution < -0.4 is 4.74 Å². The molecule has 1 aromatic carbocycles. The van der Waals surface area contributed by atoms with E-state index in [0.717, 1.165) is 24.2 Å². The van der Waals surface area contributed by atoms with Gasteiger partial charge in [0.25, 0.3) is 0 Å². The van der Waals surface area contributed by atoms with E-state index in [-0.39, 0.29) is 12.2 Å². The number of nitrogens with zero attached hydrogens (tertiary/aromatic N) is 1. The Morgan fingerprint density at radius 2 is 2.08 bits per heavy atom. The highest BCUT2D eigenvalue weighted by molar-refractivity contribution is 7.89. The van der Waals surface area contributed by atoms with Crippen molar-refractivity contribution in [2.45, 2.75) is 49.4 Å². The van der Waals surface area contributed by atoms with Gasteiger partial charge in [0.05, 0.1) is 17.6 Å². The molecule has 0 amide bonds. The number of benzene rings is 1. The molecule has 2 saturated heterocycles. The molecular formula is C17H23NO5S. The van der Waals surface area contributed by atoms with E-state index in [1.165, 1.54) is 0 Å². The van der Waals surface area contributed by atoms with Gasteiger partial charge in [0.15, 0.2) is 0 Å². The van der Waals surface area contributed by atoms with Gasteiger partial charge in [0, 0.05) is 32.5 Å². The molecule has 1 spiro atoms. The average Bonchev–Trinajstić information content (AvgIpc) is 3.11. The molecule has 0 radical (unpaired) electrons. The SMILES string of the molecule is CC1Cc2cc(S(=O)(=O)N3CC(C)OC4(CCOC4)C3)ccc2O1. The average molecular weight is 353 g/mol. The van der Waals surface area contributed by atoms with Gasteiger partial charge in [0.2, 0.25) is 10.0 Å². The zero-order chi connectivity index (χ0) is 16.9. The monoisotopic (exact) mass is 353 g/mol. The molecule has 3 atom stereocenters. The summed E-state index contributed by atoms with van der Waals surface area (Å²) in [6.45, 7) is 5.70. The maximum Gasteiger partial charge on any atom is 0.243 e. The Morgan fingerprint density at radius 1 is 1.25 bits per heavy atom. The summed E-state index contributed by atoms with van der Waals surface area (Å²) in [6.07, 6.45) is 1.43. The van der Waals surface area contributed by atoms with Gasteiger partial charge in [0.1, 0.15) is 17.5 Å². The minimum absolute atomic E-state index is 0.0975. The van der Waals surface area contributed by atoms with Crippen LogP contribution in [0.3, 0.4) is 0 Å². The number of morpholine rings is 1. The van der Waals surface area contributed by atoms with Crippen LogP contribution in [0.1, 0.15) is 25.8 Å². The van der Waals surface area contributed by atoms with Crippen LogP contribution in [-0.4, -0.2) is 56.8 Å². The van der Waals surface area contributed by atoms with E-state index in [1.54, 1.807) is 22.5 Å².